The molecule has 2 aliphatic rings. The van der Waals surface area contributed by atoms with Gasteiger partial charge in [-0.05, 0) is 44.4 Å². The zero-order valence-corrected chi connectivity index (χ0v) is 22.9. The molecule has 2 saturated heterocycles. The lowest BCUT2D eigenvalue weighted by Crippen LogP contribution is -2.53. The number of carbonyl (C=O) groups excluding carboxylic acids is 2. The summed E-state index contributed by atoms with van der Waals surface area (Å²) in [4.78, 5) is 33.6. The van der Waals surface area contributed by atoms with Crippen molar-refractivity contribution < 1.29 is 22.7 Å². The lowest BCUT2D eigenvalue weighted by molar-refractivity contribution is -0.147. The number of aromatic nitrogens is 3. The molecule has 1 aromatic carbocycles. The number of carbonyl (C=O) groups is 2. The zero-order chi connectivity index (χ0) is 27.2. The van der Waals surface area contributed by atoms with E-state index in [0.717, 1.165) is 30.5 Å². The summed E-state index contributed by atoms with van der Waals surface area (Å²) in [6.45, 7) is 5.03. The summed E-state index contributed by atoms with van der Waals surface area (Å²) in [5, 5.41) is 5.09. The molecular formula is C25H29ClN6O5S. The van der Waals surface area contributed by atoms with E-state index in [0.29, 0.717) is 42.4 Å². The number of nitrogens with zero attached hydrogens (tertiary/aromatic N) is 5. The Kier molecular flexibility index (Phi) is 6.95. The molecule has 0 saturated carbocycles. The summed E-state index contributed by atoms with van der Waals surface area (Å²) >= 11 is 6.18. The maximum Gasteiger partial charge on any atom is 0.303 e. The van der Waals surface area contributed by atoms with Gasteiger partial charge in [-0.2, -0.15) is 5.10 Å². The zero-order valence-electron chi connectivity index (χ0n) is 21.3. The number of benzene rings is 1. The fraction of sp³-hybridized carbons (Fsp3) is 0.440. The van der Waals surface area contributed by atoms with Crippen LogP contribution in [0.25, 0.3) is 5.65 Å². The molecule has 3 aromatic rings. The second kappa shape index (κ2) is 10.1. The Bertz CT molecular complexity index is 1520. The van der Waals surface area contributed by atoms with Gasteiger partial charge in [-0.3, -0.25) is 14.3 Å². The quantitative estimate of drug-likeness (QED) is 0.456. The SMILES string of the molecule is CC(=O)OC1CN(c2nc3cc([C@@H]4CCCCN4C(=O)c4cc(Cl)ccc4NS(C)(=O)=O)nn3cc2C)C1. The maximum atomic E-state index is 13.7. The van der Waals surface area contributed by atoms with Crippen LogP contribution in [0.2, 0.25) is 5.02 Å². The van der Waals surface area contributed by atoms with Crippen LogP contribution in [0.15, 0.2) is 30.5 Å². The average molecular weight is 561 g/mol. The van der Waals surface area contributed by atoms with Crippen molar-refractivity contribution in [3.05, 3.63) is 52.3 Å². The standard InChI is InChI=1S/C25H29ClN6O5S/c1-15-12-32-23(27-24(15)30-13-18(14-30)37-16(2)33)11-21(28-32)22-6-4-5-9-31(22)25(34)19-10-17(26)7-8-20(19)29-38(3,35)36/h7-8,10-12,18,22,29H,4-6,9,13-14H2,1-3H3/t22-/m0/s1. The summed E-state index contributed by atoms with van der Waals surface area (Å²) in [6.07, 6.45) is 5.27. The first-order valence-corrected chi connectivity index (χ1v) is 14.6. The number of fused-ring (bicyclic) bond motifs is 1. The first-order chi connectivity index (χ1) is 18.0. The molecular weight excluding hydrogens is 532 g/mol. The minimum Gasteiger partial charge on any atom is -0.459 e. The minimum atomic E-state index is -3.60. The van der Waals surface area contributed by atoms with Gasteiger partial charge in [0.1, 0.15) is 11.9 Å². The van der Waals surface area contributed by atoms with Gasteiger partial charge in [0, 0.05) is 36.3 Å². The highest BCUT2D eigenvalue weighted by Gasteiger charge is 2.34. The van der Waals surface area contributed by atoms with Crippen LogP contribution in [0.4, 0.5) is 11.5 Å². The molecule has 38 heavy (non-hydrogen) atoms. The summed E-state index contributed by atoms with van der Waals surface area (Å²) in [7, 11) is -3.60. The molecule has 2 aliphatic heterocycles. The molecule has 202 valence electrons. The van der Waals surface area contributed by atoms with Crippen molar-refractivity contribution in [3.63, 3.8) is 0 Å². The molecule has 5 rings (SSSR count). The van der Waals surface area contributed by atoms with Crippen LogP contribution >= 0.6 is 11.6 Å². The van der Waals surface area contributed by atoms with Crippen LogP contribution in [0.1, 0.15) is 53.8 Å². The van der Waals surface area contributed by atoms with Crippen LogP contribution in [-0.2, 0) is 19.6 Å². The number of aryl methyl sites for hydroxylation is 1. The topological polar surface area (TPSA) is 126 Å². The summed E-state index contributed by atoms with van der Waals surface area (Å²) in [5.74, 6) is 0.195. The third-order valence-corrected chi connectivity index (χ3v) is 7.54. The third kappa shape index (κ3) is 5.41. The number of likely N-dealkylation sites (tertiary alicyclic amines) is 1. The largest absolute Gasteiger partial charge is 0.459 e. The van der Waals surface area contributed by atoms with E-state index < -0.39 is 10.0 Å². The lowest BCUT2D eigenvalue weighted by Gasteiger charge is -2.39. The van der Waals surface area contributed by atoms with Gasteiger partial charge >= 0.3 is 5.97 Å². The van der Waals surface area contributed by atoms with Gasteiger partial charge in [0.15, 0.2) is 5.65 Å². The predicted octanol–water partition coefficient (Wildman–Crippen LogP) is 3.18. The van der Waals surface area contributed by atoms with Gasteiger partial charge in [-0.25, -0.2) is 17.9 Å². The molecule has 11 nitrogen and oxygen atoms in total. The van der Waals surface area contributed by atoms with Crippen LogP contribution in [0.3, 0.4) is 0 Å². The average Bonchev–Trinajstić information content (AvgIpc) is 3.23. The number of halogens is 1. The van der Waals surface area contributed by atoms with E-state index in [2.05, 4.69) is 9.62 Å². The van der Waals surface area contributed by atoms with Crippen molar-refractivity contribution in [1.29, 1.82) is 0 Å². The lowest BCUT2D eigenvalue weighted by atomic mass is 9.98. The van der Waals surface area contributed by atoms with Gasteiger partial charge < -0.3 is 14.5 Å². The number of piperidine rings is 1. The molecule has 2 fully saturated rings. The fourth-order valence-electron chi connectivity index (χ4n) is 5.04. The van der Waals surface area contributed by atoms with Gasteiger partial charge in [0.2, 0.25) is 10.0 Å². The highest BCUT2D eigenvalue weighted by molar-refractivity contribution is 7.92. The first kappa shape index (κ1) is 26.2. The minimum absolute atomic E-state index is 0.138. The van der Waals surface area contributed by atoms with Crippen molar-refractivity contribution in [3.8, 4) is 0 Å². The van der Waals surface area contributed by atoms with Crippen molar-refractivity contribution in [1.82, 2.24) is 19.5 Å². The first-order valence-electron chi connectivity index (χ1n) is 12.4. The molecule has 1 N–H and O–H groups in total. The van der Waals surface area contributed by atoms with E-state index in [4.69, 9.17) is 26.4 Å². The fourth-order valence-corrected chi connectivity index (χ4v) is 5.79. The third-order valence-electron chi connectivity index (χ3n) is 6.72. The molecule has 1 amide bonds. The molecule has 4 heterocycles. The number of nitrogens with one attached hydrogen (secondary N) is 1. The summed E-state index contributed by atoms with van der Waals surface area (Å²) in [5.41, 5.74) is 2.67. The molecule has 0 aliphatic carbocycles. The highest BCUT2D eigenvalue weighted by Crippen LogP contribution is 2.34. The number of anilines is 2. The Labute approximate surface area is 225 Å². The monoisotopic (exact) mass is 560 g/mol. The molecule has 0 bridgehead atoms. The molecule has 0 spiro atoms. The summed E-state index contributed by atoms with van der Waals surface area (Å²) < 4.78 is 33.2. The molecule has 13 heteroatoms. The van der Waals surface area contributed by atoms with Gasteiger partial charge in [0.25, 0.3) is 5.91 Å². The number of amides is 1. The number of ether oxygens (including phenoxy) is 1. The van der Waals surface area contributed by atoms with Crippen molar-refractivity contribution in [2.45, 2.75) is 45.3 Å². The predicted molar refractivity (Wildman–Crippen MR) is 143 cm³/mol. The second-order valence-electron chi connectivity index (χ2n) is 9.83. The van der Waals surface area contributed by atoms with E-state index in [1.807, 2.05) is 19.2 Å². The van der Waals surface area contributed by atoms with Crippen LogP contribution in [0, 0.1) is 6.92 Å². The van der Waals surface area contributed by atoms with E-state index in [9.17, 15) is 18.0 Å². The van der Waals surface area contributed by atoms with E-state index in [1.165, 1.54) is 19.1 Å². The second-order valence-corrected chi connectivity index (χ2v) is 12.0. The number of sulfonamides is 1. The Morgan fingerprint density at radius 3 is 2.66 bits per heavy atom. The van der Waals surface area contributed by atoms with Crippen molar-refractivity contribution in [2.75, 3.05) is 35.5 Å². The van der Waals surface area contributed by atoms with Crippen LogP contribution < -0.4 is 9.62 Å². The van der Waals surface area contributed by atoms with Crippen LogP contribution in [-0.4, -0.2) is 71.8 Å². The van der Waals surface area contributed by atoms with Crippen molar-refractivity contribution >= 4 is 50.7 Å². The van der Waals surface area contributed by atoms with Gasteiger partial charge in [-0.1, -0.05) is 11.6 Å². The number of rotatable bonds is 6. The number of hydrogen-bond acceptors (Lipinski definition) is 8. The number of hydrogen-bond donors (Lipinski definition) is 1. The van der Waals surface area contributed by atoms with E-state index >= 15 is 0 Å². The maximum absolute atomic E-state index is 13.7. The summed E-state index contributed by atoms with van der Waals surface area (Å²) in [6, 6.07) is 6.11. The Morgan fingerprint density at radius 1 is 1.18 bits per heavy atom. The molecule has 2 aromatic heterocycles. The van der Waals surface area contributed by atoms with Gasteiger partial charge in [-0.15, -0.1) is 0 Å². The normalized spacial score (nSPS) is 18.4. The van der Waals surface area contributed by atoms with Crippen molar-refractivity contribution in [2.24, 2.45) is 0 Å². The number of esters is 1. The van der Waals surface area contributed by atoms with Crippen LogP contribution in [0.5, 0.6) is 0 Å². The molecule has 1 atom stereocenters. The smallest absolute Gasteiger partial charge is 0.303 e. The highest BCUT2D eigenvalue weighted by atomic mass is 35.5. The molecule has 0 radical (unpaired) electrons. The Hall–Kier alpha value is -3.38. The molecule has 0 unspecified atom stereocenters. The van der Waals surface area contributed by atoms with E-state index in [1.54, 1.807) is 15.5 Å². The Morgan fingerprint density at radius 2 is 1.95 bits per heavy atom. The van der Waals surface area contributed by atoms with E-state index in [-0.39, 0.29) is 35.3 Å². The Balaban J connectivity index is 1.43. The van der Waals surface area contributed by atoms with Gasteiger partial charge in [0.05, 0.1) is 42.3 Å².